The third-order valence-corrected chi connectivity index (χ3v) is 2.97. The third-order valence-electron chi connectivity index (χ3n) is 2.97. The number of halogens is 19. The molecule has 28 heavy (non-hydrogen) atoms. The van der Waals surface area contributed by atoms with Crippen molar-refractivity contribution in [3.05, 3.63) is 0 Å². The molecule has 0 nitrogen and oxygen atoms in total. The van der Waals surface area contributed by atoms with E-state index in [4.69, 9.17) is 0 Å². The SMILES string of the molecule is FC(C(F)(F)C(F)(F)F)C(F)(F)C(F)(F)C(F)(F)C(F)(F)C(F)(F)C(F)(F)F. The van der Waals surface area contributed by atoms with Crippen LogP contribution in [-0.2, 0) is 0 Å². The fraction of sp³-hybridized carbons (Fsp3) is 1.00. The zero-order chi connectivity index (χ0) is 23.6. The molecule has 0 bridgehead atoms. The summed E-state index contributed by atoms with van der Waals surface area (Å²) in [5, 5.41) is 0. The Bertz CT molecular complexity index is 561. The molecule has 0 N–H and O–H groups in total. The summed E-state index contributed by atoms with van der Waals surface area (Å²) < 4.78 is 235. The van der Waals surface area contributed by atoms with Crippen LogP contribution in [-0.4, -0.2) is 54.1 Å². The molecule has 0 radical (unpaired) electrons. The number of hydrogen-bond acceptors (Lipinski definition) is 0. The molecule has 170 valence electrons. The van der Waals surface area contributed by atoms with Gasteiger partial charge in [0.25, 0.3) is 0 Å². The van der Waals surface area contributed by atoms with Crippen molar-refractivity contribution in [2.45, 2.75) is 54.1 Å². The predicted molar refractivity (Wildman–Crippen MR) is 46.7 cm³/mol. The molecule has 0 aliphatic carbocycles. The summed E-state index contributed by atoms with van der Waals surface area (Å²) in [5.41, 5.74) is 0. The van der Waals surface area contributed by atoms with Gasteiger partial charge in [-0.2, -0.15) is 79.0 Å². The van der Waals surface area contributed by atoms with Gasteiger partial charge in [-0.15, -0.1) is 0 Å². The lowest BCUT2D eigenvalue weighted by molar-refractivity contribution is -0.449. The minimum Gasteiger partial charge on any atom is -0.233 e. The molecule has 1 unspecified atom stereocenters. The summed E-state index contributed by atoms with van der Waals surface area (Å²) in [4.78, 5) is 0. The summed E-state index contributed by atoms with van der Waals surface area (Å²) in [6.45, 7) is 0. The first kappa shape index (κ1) is 26.7. The zero-order valence-corrected chi connectivity index (χ0v) is 11.8. The van der Waals surface area contributed by atoms with Gasteiger partial charge in [0.15, 0.2) is 0 Å². The number of hydrogen-bond donors (Lipinski definition) is 0. The lowest BCUT2D eigenvalue weighted by atomic mass is 9.90. The van der Waals surface area contributed by atoms with Gasteiger partial charge in [-0.1, -0.05) is 0 Å². The highest BCUT2D eigenvalue weighted by molar-refractivity contribution is 5.13. The smallest absolute Gasteiger partial charge is 0.233 e. The van der Waals surface area contributed by atoms with Crippen molar-refractivity contribution in [1.29, 1.82) is 0 Å². The van der Waals surface area contributed by atoms with Crippen molar-refractivity contribution in [3.8, 4) is 0 Å². The predicted octanol–water partition coefficient (Wildman–Crippen LogP) is 6.26. The molecule has 0 saturated carbocycles. The van der Waals surface area contributed by atoms with E-state index in [1.54, 1.807) is 0 Å². The molecule has 0 aromatic rings. The van der Waals surface area contributed by atoms with Gasteiger partial charge >= 0.3 is 47.9 Å². The second-order valence-electron chi connectivity index (χ2n) is 4.90. The minimum atomic E-state index is -8.69. The summed E-state index contributed by atoms with van der Waals surface area (Å²) in [7, 11) is 0. The lowest BCUT2D eigenvalue weighted by Gasteiger charge is -2.41. The summed E-state index contributed by atoms with van der Waals surface area (Å²) in [6, 6.07) is 0. The summed E-state index contributed by atoms with van der Waals surface area (Å²) >= 11 is 0. The van der Waals surface area contributed by atoms with Crippen molar-refractivity contribution in [3.63, 3.8) is 0 Å². The largest absolute Gasteiger partial charge is 0.460 e. The Morgan fingerprint density at radius 2 is 0.607 bits per heavy atom. The fourth-order valence-corrected chi connectivity index (χ4v) is 1.31. The Labute approximate surface area is 139 Å². The van der Waals surface area contributed by atoms with E-state index in [9.17, 15) is 83.4 Å². The normalized spacial score (nSPS) is 17.7. The third kappa shape index (κ3) is 3.30. The van der Waals surface area contributed by atoms with Gasteiger partial charge < -0.3 is 0 Å². The van der Waals surface area contributed by atoms with Gasteiger partial charge in [0, 0.05) is 0 Å². The van der Waals surface area contributed by atoms with Crippen LogP contribution in [0.2, 0.25) is 0 Å². The zero-order valence-electron chi connectivity index (χ0n) is 11.8. The lowest BCUT2D eigenvalue weighted by Crippen LogP contribution is -2.73. The quantitative estimate of drug-likeness (QED) is 0.403. The standard InChI is InChI=1S/C9HF19/c10-1(3(13,14)8(23,24)25)2(11,12)4(15,16)5(17,18)6(19,20)7(21,22)9(26,27)28/h1H. The van der Waals surface area contributed by atoms with Crippen molar-refractivity contribution in [2.75, 3.05) is 0 Å². The maximum atomic E-state index is 12.9. The molecule has 0 spiro atoms. The Morgan fingerprint density at radius 3 is 0.857 bits per heavy atom. The fourth-order valence-electron chi connectivity index (χ4n) is 1.31. The molecule has 0 aromatic heterocycles. The van der Waals surface area contributed by atoms with Crippen LogP contribution in [0.5, 0.6) is 0 Å². The van der Waals surface area contributed by atoms with Gasteiger partial charge in [0.2, 0.25) is 6.17 Å². The van der Waals surface area contributed by atoms with Gasteiger partial charge in [0.1, 0.15) is 0 Å². The van der Waals surface area contributed by atoms with Gasteiger partial charge in [-0.05, 0) is 0 Å². The first-order chi connectivity index (χ1) is 11.7. The average Bonchev–Trinajstić information content (AvgIpc) is 2.42. The Morgan fingerprint density at radius 1 is 0.321 bits per heavy atom. The van der Waals surface area contributed by atoms with E-state index in [1.807, 2.05) is 0 Å². The topological polar surface area (TPSA) is 0 Å². The molecule has 19 heteroatoms. The van der Waals surface area contributed by atoms with E-state index < -0.39 is 54.1 Å². The second kappa shape index (κ2) is 6.33. The maximum absolute atomic E-state index is 12.9. The van der Waals surface area contributed by atoms with Crippen molar-refractivity contribution in [2.24, 2.45) is 0 Å². The molecule has 0 heterocycles. The molecule has 0 aliphatic heterocycles. The molecular weight excluding hydrogens is 469 g/mol. The molecule has 0 aliphatic rings. The Kier molecular flexibility index (Phi) is 6.03. The Hall–Kier alpha value is -1.33. The van der Waals surface area contributed by atoms with Crippen LogP contribution >= 0.6 is 0 Å². The molecule has 0 amide bonds. The molecule has 0 rings (SSSR count). The van der Waals surface area contributed by atoms with Crippen LogP contribution in [0.4, 0.5) is 83.4 Å². The van der Waals surface area contributed by atoms with Crippen LogP contribution in [0.25, 0.3) is 0 Å². The highest BCUT2D eigenvalue weighted by Gasteiger charge is 2.93. The van der Waals surface area contributed by atoms with E-state index in [2.05, 4.69) is 0 Å². The van der Waals surface area contributed by atoms with Crippen molar-refractivity contribution >= 4 is 0 Å². The van der Waals surface area contributed by atoms with E-state index >= 15 is 0 Å². The molecule has 0 saturated heterocycles. The summed E-state index contributed by atoms with van der Waals surface area (Å²) in [6.07, 6.45) is -22.1. The van der Waals surface area contributed by atoms with Crippen molar-refractivity contribution in [1.82, 2.24) is 0 Å². The maximum Gasteiger partial charge on any atom is 0.460 e. The summed E-state index contributed by atoms with van der Waals surface area (Å²) in [5.74, 6) is -49.9. The second-order valence-corrected chi connectivity index (χ2v) is 4.90. The van der Waals surface area contributed by atoms with Crippen LogP contribution in [0.15, 0.2) is 0 Å². The van der Waals surface area contributed by atoms with Crippen molar-refractivity contribution < 1.29 is 83.4 Å². The molecule has 1 atom stereocenters. The molecule has 0 aromatic carbocycles. The highest BCUT2D eigenvalue weighted by Crippen LogP contribution is 2.62. The van der Waals surface area contributed by atoms with E-state index in [1.165, 1.54) is 0 Å². The van der Waals surface area contributed by atoms with Crippen LogP contribution < -0.4 is 0 Å². The van der Waals surface area contributed by atoms with E-state index in [-0.39, 0.29) is 0 Å². The van der Waals surface area contributed by atoms with Gasteiger partial charge in [0.05, 0.1) is 0 Å². The number of rotatable bonds is 6. The first-order valence-electron chi connectivity index (χ1n) is 5.70. The Balaban J connectivity index is 6.56. The van der Waals surface area contributed by atoms with Crippen LogP contribution in [0.1, 0.15) is 0 Å². The van der Waals surface area contributed by atoms with Crippen LogP contribution in [0.3, 0.4) is 0 Å². The monoisotopic (exact) mass is 470 g/mol. The highest BCUT2D eigenvalue weighted by atomic mass is 19.4. The average molecular weight is 470 g/mol. The van der Waals surface area contributed by atoms with E-state index in [0.717, 1.165) is 0 Å². The first-order valence-corrected chi connectivity index (χ1v) is 5.70. The molecule has 0 fully saturated rings. The van der Waals surface area contributed by atoms with Gasteiger partial charge in [-0.3, -0.25) is 0 Å². The number of alkyl halides is 19. The van der Waals surface area contributed by atoms with Crippen LogP contribution in [0, 0.1) is 0 Å². The minimum absolute atomic E-state index is 6.80. The molecular formula is C9HF19. The van der Waals surface area contributed by atoms with E-state index in [0.29, 0.717) is 0 Å². The van der Waals surface area contributed by atoms with Gasteiger partial charge in [-0.25, -0.2) is 4.39 Å².